The Kier molecular flexibility index (Phi) is 6.31. The van der Waals surface area contributed by atoms with Crippen molar-refractivity contribution < 1.29 is 9.59 Å². The molecule has 0 spiro atoms. The van der Waals surface area contributed by atoms with Crippen LogP contribution < -0.4 is 0 Å². The molecular formula is C23H29N3O2S. The summed E-state index contributed by atoms with van der Waals surface area (Å²) in [6.45, 7) is 6.50. The third kappa shape index (κ3) is 4.54. The minimum Gasteiger partial charge on any atom is -0.341 e. The van der Waals surface area contributed by atoms with Gasteiger partial charge in [0.15, 0.2) is 0 Å². The molecule has 29 heavy (non-hydrogen) atoms. The maximum Gasteiger partial charge on any atom is 0.264 e. The zero-order valence-corrected chi connectivity index (χ0v) is 17.9. The lowest BCUT2D eigenvalue weighted by Gasteiger charge is -2.41. The average molecular weight is 412 g/mol. The smallest absolute Gasteiger partial charge is 0.264 e. The highest BCUT2D eigenvalue weighted by Gasteiger charge is 2.34. The number of piperidine rings is 1. The van der Waals surface area contributed by atoms with E-state index in [4.69, 9.17) is 0 Å². The Morgan fingerprint density at radius 1 is 0.828 bits per heavy atom. The largest absolute Gasteiger partial charge is 0.341 e. The standard InChI is InChI=1S/C23H29N3O2S/c1-18-10-11-20(29-18)22(27)26-16-14-24(15-17-26)21(19-8-4-2-5-9-19)23(28)25-12-6-3-7-13-25/h2,4-5,8-11,21H,3,6-7,12-17H2,1H3. The number of thiophene rings is 1. The van der Waals surface area contributed by atoms with Crippen molar-refractivity contribution in [1.82, 2.24) is 14.7 Å². The van der Waals surface area contributed by atoms with Gasteiger partial charge in [0.25, 0.3) is 5.91 Å². The van der Waals surface area contributed by atoms with E-state index >= 15 is 0 Å². The van der Waals surface area contributed by atoms with Crippen LogP contribution in [-0.2, 0) is 4.79 Å². The number of likely N-dealkylation sites (tertiary alicyclic amines) is 1. The summed E-state index contributed by atoms with van der Waals surface area (Å²) in [6.07, 6.45) is 3.40. The predicted octanol–water partition coefficient (Wildman–Crippen LogP) is 3.57. The minimum absolute atomic E-state index is 0.112. The summed E-state index contributed by atoms with van der Waals surface area (Å²) in [5, 5.41) is 0. The quantitative estimate of drug-likeness (QED) is 0.773. The van der Waals surface area contributed by atoms with Gasteiger partial charge in [0, 0.05) is 44.1 Å². The van der Waals surface area contributed by atoms with E-state index in [9.17, 15) is 9.59 Å². The highest BCUT2D eigenvalue weighted by molar-refractivity contribution is 7.13. The second-order valence-corrected chi connectivity index (χ2v) is 9.23. The monoisotopic (exact) mass is 411 g/mol. The lowest BCUT2D eigenvalue weighted by atomic mass is 10.0. The summed E-state index contributed by atoms with van der Waals surface area (Å²) >= 11 is 1.55. The van der Waals surface area contributed by atoms with E-state index in [-0.39, 0.29) is 17.9 Å². The van der Waals surface area contributed by atoms with E-state index in [0.717, 1.165) is 54.3 Å². The topological polar surface area (TPSA) is 43.9 Å². The highest BCUT2D eigenvalue weighted by Crippen LogP contribution is 2.27. The van der Waals surface area contributed by atoms with Crippen LogP contribution in [0.15, 0.2) is 42.5 Å². The van der Waals surface area contributed by atoms with E-state index in [0.29, 0.717) is 13.1 Å². The molecule has 2 saturated heterocycles. The number of nitrogens with zero attached hydrogens (tertiary/aromatic N) is 3. The molecule has 1 aromatic heterocycles. The average Bonchev–Trinajstić information content (AvgIpc) is 3.21. The van der Waals surface area contributed by atoms with Gasteiger partial charge in [-0.1, -0.05) is 30.3 Å². The fourth-order valence-corrected chi connectivity index (χ4v) is 5.16. The Morgan fingerprint density at radius 2 is 1.52 bits per heavy atom. The first kappa shape index (κ1) is 20.1. The van der Waals surface area contributed by atoms with Crippen molar-refractivity contribution in [2.24, 2.45) is 0 Å². The Bertz CT molecular complexity index is 837. The Balaban J connectivity index is 1.47. The van der Waals surface area contributed by atoms with Crippen molar-refractivity contribution in [3.63, 3.8) is 0 Å². The Labute approximate surface area is 176 Å². The van der Waals surface area contributed by atoms with Gasteiger partial charge >= 0.3 is 0 Å². The summed E-state index contributed by atoms with van der Waals surface area (Å²) in [6, 6.07) is 13.8. The van der Waals surface area contributed by atoms with E-state index in [1.807, 2.05) is 47.1 Å². The van der Waals surface area contributed by atoms with E-state index in [2.05, 4.69) is 17.0 Å². The first-order valence-electron chi connectivity index (χ1n) is 10.6. The first-order valence-corrected chi connectivity index (χ1v) is 11.4. The molecule has 1 unspecified atom stereocenters. The summed E-state index contributed by atoms with van der Waals surface area (Å²) in [4.78, 5) is 34.4. The second-order valence-electron chi connectivity index (χ2n) is 7.94. The number of piperazine rings is 1. The van der Waals surface area contributed by atoms with E-state index < -0.39 is 0 Å². The van der Waals surface area contributed by atoms with Gasteiger partial charge in [0.1, 0.15) is 6.04 Å². The molecule has 0 radical (unpaired) electrons. The van der Waals surface area contributed by atoms with Gasteiger partial charge in [-0.05, 0) is 43.9 Å². The summed E-state index contributed by atoms with van der Waals surface area (Å²) in [5.74, 6) is 0.325. The van der Waals surface area contributed by atoms with Gasteiger partial charge in [-0.2, -0.15) is 0 Å². The van der Waals surface area contributed by atoms with Crippen LogP contribution in [0.4, 0.5) is 0 Å². The Hall–Kier alpha value is -2.18. The number of carbonyl (C=O) groups excluding carboxylic acids is 2. The molecule has 0 bridgehead atoms. The lowest BCUT2D eigenvalue weighted by Crippen LogP contribution is -2.53. The van der Waals surface area contributed by atoms with Crippen molar-refractivity contribution in [2.75, 3.05) is 39.3 Å². The fourth-order valence-electron chi connectivity index (χ4n) is 4.32. The van der Waals surface area contributed by atoms with E-state index in [1.165, 1.54) is 6.42 Å². The summed E-state index contributed by atoms with van der Waals surface area (Å²) in [7, 11) is 0. The third-order valence-corrected chi connectivity index (χ3v) is 6.92. The maximum atomic E-state index is 13.4. The molecule has 6 heteroatoms. The van der Waals surface area contributed by atoms with Crippen LogP contribution in [0.25, 0.3) is 0 Å². The molecule has 5 nitrogen and oxygen atoms in total. The molecule has 4 rings (SSSR count). The number of aryl methyl sites for hydroxylation is 1. The second kappa shape index (κ2) is 9.09. The van der Waals surface area contributed by atoms with Crippen molar-refractivity contribution in [3.05, 3.63) is 57.8 Å². The number of amides is 2. The number of hydrogen-bond donors (Lipinski definition) is 0. The summed E-state index contributed by atoms with van der Waals surface area (Å²) in [5.41, 5.74) is 1.05. The van der Waals surface area contributed by atoms with Crippen molar-refractivity contribution in [3.8, 4) is 0 Å². The van der Waals surface area contributed by atoms with Crippen molar-refractivity contribution >= 4 is 23.2 Å². The van der Waals surface area contributed by atoms with Crippen molar-refractivity contribution in [2.45, 2.75) is 32.2 Å². The van der Waals surface area contributed by atoms with Gasteiger partial charge in [-0.3, -0.25) is 14.5 Å². The molecule has 154 valence electrons. The number of carbonyl (C=O) groups is 2. The molecule has 1 aromatic carbocycles. The number of rotatable bonds is 4. The lowest BCUT2D eigenvalue weighted by molar-refractivity contribution is -0.138. The van der Waals surface area contributed by atoms with Crippen LogP contribution in [0.5, 0.6) is 0 Å². The number of benzene rings is 1. The predicted molar refractivity (Wildman–Crippen MR) is 116 cm³/mol. The fraction of sp³-hybridized carbons (Fsp3) is 0.478. The molecule has 1 atom stereocenters. The van der Waals surface area contributed by atoms with Crippen LogP contribution in [-0.4, -0.2) is 65.8 Å². The molecule has 3 heterocycles. The number of hydrogen-bond acceptors (Lipinski definition) is 4. The van der Waals surface area contributed by atoms with Gasteiger partial charge in [-0.25, -0.2) is 0 Å². The summed E-state index contributed by atoms with van der Waals surface area (Å²) < 4.78 is 0. The van der Waals surface area contributed by atoms with Crippen LogP contribution in [0.3, 0.4) is 0 Å². The zero-order chi connectivity index (χ0) is 20.2. The van der Waals surface area contributed by atoms with E-state index in [1.54, 1.807) is 11.3 Å². The SMILES string of the molecule is Cc1ccc(C(=O)N2CCN(C(C(=O)N3CCCCC3)c3ccccc3)CC2)s1. The van der Waals surface area contributed by atoms with Crippen LogP contribution in [0.2, 0.25) is 0 Å². The van der Waals surface area contributed by atoms with Crippen molar-refractivity contribution in [1.29, 1.82) is 0 Å². The molecule has 0 saturated carbocycles. The minimum atomic E-state index is -0.254. The highest BCUT2D eigenvalue weighted by atomic mass is 32.1. The maximum absolute atomic E-state index is 13.4. The molecule has 0 N–H and O–H groups in total. The molecule has 2 aliphatic heterocycles. The van der Waals surface area contributed by atoms with Crippen LogP contribution >= 0.6 is 11.3 Å². The molecule has 2 fully saturated rings. The van der Waals surface area contributed by atoms with Gasteiger partial charge in [0.05, 0.1) is 4.88 Å². The normalized spacial score (nSPS) is 19.2. The third-order valence-electron chi connectivity index (χ3n) is 5.93. The van der Waals surface area contributed by atoms with Gasteiger partial charge in [-0.15, -0.1) is 11.3 Å². The van der Waals surface area contributed by atoms with Crippen LogP contribution in [0, 0.1) is 6.92 Å². The molecule has 2 aliphatic rings. The molecular weight excluding hydrogens is 382 g/mol. The molecule has 2 amide bonds. The van der Waals surface area contributed by atoms with Gasteiger partial charge in [0.2, 0.25) is 5.91 Å². The Morgan fingerprint density at radius 3 is 2.14 bits per heavy atom. The van der Waals surface area contributed by atoms with Gasteiger partial charge < -0.3 is 9.80 Å². The first-order chi connectivity index (χ1) is 14.1. The van der Waals surface area contributed by atoms with Crippen LogP contribution in [0.1, 0.15) is 45.4 Å². The molecule has 2 aromatic rings. The molecule has 0 aliphatic carbocycles. The zero-order valence-electron chi connectivity index (χ0n) is 17.0.